The summed E-state index contributed by atoms with van der Waals surface area (Å²) in [7, 11) is 0. The molecule has 0 spiro atoms. The van der Waals surface area contributed by atoms with Gasteiger partial charge in [-0.15, -0.1) is 0 Å². The van der Waals surface area contributed by atoms with E-state index in [0.717, 1.165) is 57.3 Å². The quantitative estimate of drug-likeness (QED) is 0.856. The highest BCUT2D eigenvalue weighted by Crippen LogP contribution is 2.25. The number of likely N-dealkylation sites (tertiary alicyclic amines) is 1. The number of rotatable bonds is 6. The largest absolute Gasteiger partial charge is 0.384 e. The molecule has 4 nitrogen and oxygen atoms in total. The first-order valence-electron chi connectivity index (χ1n) is 9.55. The van der Waals surface area contributed by atoms with Crippen molar-refractivity contribution in [3.8, 4) is 0 Å². The lowest BCUT2D eigenvalue weighted by atomic mass is 9.93. The number of hydrogen-bond acceptors (Lipinski definition) is 3. The van der Waals surface area contributed by atoms with E-state index < -0.39 is 0 Å². The number of para-hydroxylation sites is 1. The number of nitrogens with zero attached hydrogens (tertiary/aromatic N) is 2. The van der Waals surface area contributed by atoms with Crippen LogP contribution in [0.4, 0.5) is 5.69 Å². The third kappa shape index (κ3) is 4.50. The molecule has 1 amide bonds. The van der Waals surface area contributed by atoms with Gasteiger partial charge in [-0.2, -0.15) is 0 Å². The lowest BCUT2D eigenvalue weighted by molar-refractivity contribution is -0.130. The van der Waals surface area contributed by atoms with Gasteiger partial charge in [0.15, 0.2) is 0 Å². The van der Waals surface area contributed by atoms with Crippen LogP contribution in [0, 0.1) is 5.92 Å². The van der Waals surface area contributed by atoms with Crippen LogP contribution in [0.25, 0.3) is 10.9 Å². The second kappa shape index (κ2) is 8.32. The normalized spacial score (nSPS) is 15.5. The Bertz CT molecular complexity index is 720. The van der Waals surface area contributed by atoms with E-state index in [0.29, 0.717) is 5.92 Å². The topological polar surface area (TPSA) is 45.2 Å². The Kier molecular flexibility index (Phi) is 5.90. The minimum atomic E-state index is 0.211. The number of piperidine rings is 1. The van der Waals surface area contributed by atoms with Gasteiger partial charge in [0.25, 0.3) is 0 Å². The number of nitrogens with one attached hydrogen (secondary N) is 1. The summed E-state index contributed by atoms with van der Waals surface area (Å²) in [6, 6.07) is 10.6. The fourth-order valence-corrected chi connectivity index (χ4v) is 3.71. The van der Waals surface area contributed by atoms with Crippen molar-refractivity contribution in [1.82, 2.24) is 9.88 Å². The molecule has 1 aromatic heterocycles. The van der Waals surface area contributed by atoms with Crippen molar-refractivity contribution in [3.05, 3.63) is 36.0 Å². The lowest BCUT2D eigenvalue weighted by Crippen LogP contribution is -2.37. The smallest absolute Gasteiger partial charge is 0.219 e. The number of anilines is 1. The first-order chi connectivity index (χ1) is 12.2. The predicted molar refractivity (Wildman–Crippen MR) is 104 cm³/mol. The molecule has 0 saturated carbocycles. The van der Waals surface area contributed by atoms with Gasteiger partial charge in [-0.1, -0.05) is 31.5 Å². The number of amides is 1. The Morgan fingerprint density at radius 3 is 2.76 bits per heavy atom. The molecular formula is C21H29N3O. The second-order valence-electron chi connectivity index (χ2n) is 7.09. The van der Waals surface area contributed by atoms with Crippen molar-refractivity contribution in [2.45, 2.75) is 46.0 Å². The molecule has 0 bridgehead atoms. The van der Waals surface area contributed by atoms with Gasteiger partial charge in [-0.05, 0) is 43.7 Å². The van der Waals surface area contributed by atoms with Gasteiger partial charge in [-0.25, -0.2) is 0 Å². The zero-order valence-electron chi connectivity index (χ0n) is 15.4. The number of benzene rings is 1. The molecule has 1 fully saturated rings. The van der Waals surface area contributed by atoms with E-state index in [4.69, 9.17) is 4.98 Å². The summed E-state index contributed by atoms with van der Waals surface area (Å²) < 4.78 is 0. The Morgan fingerprint density at radius 2 is 2.04 bits per heavy atom. The van der Waals surface area contributed by atoms with Crippen LogP contribution >= 0.6 is 0 Å². The van der Waals surface area contributed by atoms with Crippen molar-refractivity contribution < 1.29 is 4.79 Å². The summed E-state index contributed by atoms with van der Waals surface area (Å²) in [5.41, 5.74) is 3.44. The van der Waals surface area contributed by atoms with Gasteiger partial charge in [-0.3, -0.25) is 9.78 Å². The van der Waals surface area contributed by atoms with Gasteiger partial charge < -0.3 is 10.2 Å². The summed E-state index contributed by atoms with van der Waals surface area (Å²) in [5, 5.41) is 4.85. The number of aryl methyl sites for hydroxylation is 1. The van der Waals surface area contributed by atoms with Crippen molar-refractivity contribution in [2.75, 3.05) is 25.0 Å². The van der Waals surface area contributed by atoms with Crippen molar-refractivity contribution in [2.24, 2.45) is 5.92 Å². The standard InChI is InChI=1S/C21H29N3O/c1-3-6-18-15-21(19-7-4-5-8-20(19)23-18)22-12-9-17-10-13-24(14-11-17)16(2)25/h4-5,7-8,15,17H,3,6,9-14H2,1-2H3,(H,22,23). The van der Waals surface area contributed by atoms with E-state index in [2.05, 4.69) is 42.6 Å². The monoisotopic (exact) mass is 339 g/mol. The number of pyridine rings is 1. The fourth-order valence-electron chi connectivity index (χ4n) is 3.71. The summed E-state index contributed by atoms with van der Waals surface area (Å²) in [5.74, 6) is 0.926. The molecule has 3 rings (SSSR count). The summed E-state index contributed by atoms with van der Waals surface area (Å²) in [6.45, 7) is 6.67. The van der Waals surface area contributed by atoms with Crippen LogP contribution in [0.3, 0.4) is 0 Å². The molecule has 134 valence electrons. The van der Waals surface area contributed by atoms with Crippen molar-refractivity contribution in [1.29, 1.82) is 0 Å². The maximum atomic E-state index is 11.4. The molecule has 1 saturated heterocycles. The van der Waals surface area contributed by atoms with Crippen LogP contribution in [-0.4, -0.2) is 35.4 Å². The number of hydrogen-bond donors (Lipinski definition) is 1. The van der Waals surface area contributed by atoms with Gasteiger partial charge in [0.1, 0.15) is 0 Å². The molecule has 0 aliphatic carbocycles. The SMILES string of the molecule is CCCc1cc(NCCC2CCN(C(C)=O)CC2)c2ccccc2n1. The van der Waals surface area contributed by atoms with Crippen LogP contribution in [0.5, 0.6) is 0 Å². The highest BCUT2D eigenvalue weighted by molar-refractivity contribution is 5.91. The molecular weight excluding hydrogens is 310 g/mol. The van der Waals surface area contributed by atoms with Gasteiger partial charge >= 0.3 is 0 Å². The molecule has 0 atom stereocenters. The first kappa shape index (κ1) is 17.7. The minimum Gasteiger partial charge on any atom is -0.384 e. The maximum Gasteiger partial charge on any atom is 0.219 e. The highest BCUT2D eigenvalue weighted by Gasteiger charge is 2.20. The van der Waals surface area contributed by atoms with Crippen LogP contribution < -0.4 is 5.32 Å². The zero-order valence-corrected chi connectivity index (χ0v) is 15.4. The molecule has 2 heterocycles. The highest BCUT2D eigenvalue weighted by atomic mass is 16.2. The number of aromatic nitrogens is 1. The van der Waals surface area contributed by atoms with Crippen molar-refractivity contribution >= 4 is 22.5 Å². The molecule has 25 heavy (non-hydrogen) atoms. The predicted octanol–water partition coefficient (Wildman–Crippen LogP) is 4.25. The van der Waals surface area contributed by atoms with Crippen LogP contribution in [0.2, 0.25) is 0 Å². The first-order valence-corrected chi connectivity index (χ1v) is 9.55. The average Bonchev–Trinajstić information content (AvgIpc) is 2.62. The number of fused-ring (bicyclic) bond motifs is 1. The van der Waals surface area contributed by atoms with E-state index in [-0.39, 0.29) is 5.91 Å². The molecule has 0 unspecified atom stereocenters. The van der Waals surface area contributed by atoms with Gasteiger partial charge in [0.2, 0.25) is 5.91 Å². The summed E-state index contributed by atoms with van der Waals surface area (Å²) in [4.78, 5) is 18.2. The second-order valence-corrected chi connectivity index (χ2v) is 7.09. The fraction of sp³-hybridized carbons (Fsp3) is 0.524. The summed E-state index contributed by atoms with van der Waals surface area (Å²) >= 11 is 0. The average molecular weight is 339 g/mol. The minimum absolute atomic E-state index is 0.211. The van der Waals surface area contributed by atoms with E-state index in [9.17, 15) is 4.79 Å². The summed E-state index contributed by atoms with van der Waals surface area (Å²) in [6.07, 6.45) is 5.53. The van der Waals surface area contributed by atoms with Gasteiger partial charge in [0, 0.05) is 43.3 Å². The Morgan fingerprint density at radius 1 is 1.28 bits per heavy atom. The van der Waals surface area contributed by atoms with Crippen LogP contribution in [-0.2, 0) is 11.2 Å². The molecule has 1 N–H and O–H groups in total. The molecule has 0 radical (unpaired) electrons. The van der Waals surface area contributed by atoms with E-state index >= 15 is 0 Å². The molecule has 2 aromatic rings. The van der Waals surface area contributed by atoms with E-state index in [1.807, 2.05) is 4.90 Å². The molecule has 1 aliphatic heterocycles. The molecule has 1 aromatic carbocycles. The van der Waals surface area contributed by atoms with Gasteiger partial charge in [0.05, 0.1) is 5.52 Å². The molecule has 4 heteroatoms. The number of carbonyl (C=O) groups is 1. The lowest BCUT2D eigenvalue weighted by Gasteiger charge is -2.31. The molecule has 1 aliphatic rings. The Labute approximate surface area is 150 Å². The van der Waals surface area contributed by atoms with E-state index in [1.165, 1.54) is 16.8 Å². The maximum absolute atomic E-state index is 11.4. The number of carbonyl (C=O) groups excluding carboxylic acids is 1. The third-order valence-corrected chi connectivity index (χ3v) is 5.20. The van der Waals surface area contributed by atoms with E-state index in [1.54, 1.807) is 6.92 Å². The Hall–Kier alpha value is -2.10. The van der Waals surface area contributed by atoms with Crippen molar-refractivity contribution in [3.63, 3.8) is 0 Å². The van der Waals surface area contributed by atoms with Crippen LogP contribution in [0.15, 0.2) is 30.3 Å². The third-order valence-electron chi connectivity index (χ3n) is 5.20. The Balaban J connectivity index is 1.60. The zero-order chi connectivity index (χ0) is 17.6. The van der Waals surface area contributed by atoms with Crippen LogP contribution in [0.1, 0.15) is 45.2 Å².